The number of carboxylic acids is 1. The highest BCUT2D eigenvalue weighted by Crippen LogP contribution is 2.34. The Morgan fingerprint density at radius 3 is 2.24 bits per heavy atom. The van der Waals surface area contributed by atoms with Crippen molar-refractivity contribution in [3.8, 4) is 11.5 Å². The predicted molar refractivity (Wildman–Crippen MR) is 129 cm³/mol. The molecule has 0 aliphatic carbocycles. The molecular weight excluding hydrogens is 420 g/mol. The SMILES string of the molecule is COc1ccc(N2CCN(C(=O)C(C)(C)Cc3cc(C)cc(C)c3C(=O)O)CC2)c(OC)c1. The minimum Gasteiger partial charge on any atom is -0.497 e. The highest BCUT2D eigenvalue weighted by Gasteiger charge is 2.35. The third kappa shape index (κ3) is 5.24. The maximum atomic E-state index is 13.4. The number of aromatic carboxylic acids is 1. The standard InChI is InChI=1S/C26H34N2O5/c1-17-13-18(2)23(24(29)30)19(14-17)16-26(3,4)25(31)28-11-9-27(10-12-28)21-8-7-20(32-5)15-22(21)33-6/h7-8,13-15H,9-12,16H2,1-6H3,(H,29,30). The van der Waals surface area contributed by atoms with Crippen LogP contribution in [0, 0.1) is 19.3 Å². The number of amides is 1. The van der Waals surface area contributed by atoms with Crippen molar-refractivity contribution in [1.29, 1.82) is 0 Å². The molecule has 0 aromatic heterocycles. The lowest BCUT2D eigenvalue weighted by Gasteiger charge is -2.40. The van der Waals surface area contributed by atoms with Gasteiger partial charge in [-0.25, -0.2) is 4.79 Å². The first kappa shape index (κ1) is 24.4. The zero-order valence-corrected chi connectivity index (χ0v) is 20.4. The second kappa shape index (κ2) is 9.73. The number of benzene rings is 2. The maximum absolute atomic E-state index is 13.4. The average Bonchev–Trinajstić information content (AvgIpc) is 2.77. The summed E-state index contributed by atoms with van der Waals surface area (Å²) < 4.78 is 10.8. The lowest BCUT2D eigenvalue weighted by Crippen LogP contribution is -2.52. The molecule has 0 unspecified atom stereocenters. The van der Waals surface area contributed by atoms with Gasteiger partial charge in [0.15, 0.2) is 0 Å². The Bertz CT molecular complexity index is 1040. The number of carboxylic acid groups (broad SMARTS) is 1. The molecule has 1 saturated heterocycles. The van der Waals surface area contributed by atoms with Gasteiger partial charge in [-0.2, -0.15) is 0 Å². The smallest absolute Gasteiger partial charge is 0.336 e. The number of anilines is 1. The molecule has 2 aromatic carbocycles. The molecule has 178 valence electrons. The van der Waals surface area contributed by atoms with Gasteiger partial charge in [-0.3, -0.25) is 4.79 Å². The second-order valence-electron chi connectivity index (χ2n) is 9.30. The van der Waals surface area contributed by atoms with Crippen LogP contribution < -0.4 is 14.4 Å². The van der Waals surface area contributed by atoms with Crippen LogP contribution in [0.4, 0.5) is 5.69 Å². The Balaban J connectivity index is 1.73. The second-order valence-corrected chi connectivity index (χ2v) is 9.30. The van der Waals surface area contributed by atoms with Crippen LogP contribution in [0.25, 0.3) is 0 Å². The van der Waals surface area contributed by atoms with Crippen molar-refractivity contribution in [3.63, 3.8) is 0 Å². The molecule has 7 heteroatoms. The van der Waals surface area contributed by atoms with Gasteiger partial charge in [0.25, 0.3) is 0 Å². The Labute approximate surface area is 195 Å². The number of nitrogens with zero attached hydrogens (tertiary/aromatic N) is 2. The first-order valence-electron chi connectivity index (χ1n) is 11.2. The summed E-state index contributed by atoms with van der Waals surface area (Å²) >= 11 is 0. The Hall–Kier alpha value is -3.22. The molecular formula is C26H34N2O5. The van der Waals surface area contributed by atoms with Crippen LogP contribution in [0.1, 0.15) is 40.9 Å². The third-order valence-electron chi connectivity index (χ3n) is 6.28. The minimum atomic E-state index is -0.951. The number of ether oxygens (including phenoxy) is 2. The normalized spacial score (nSPS) is 14.2. The van der Waals surface area contributed by atoms with Crippen molar-refractivity contribution in [2.45, 2.75) is 34.1 Å². The fourth-order valence-electron chi connectivity index (χ4n) is 4.68. The number of aryl methyl sites for hydroxylation is 2. The summed E-state index contributed by atoms with van der Waals surface area (Å²) in [6.45, 7) is 10.1. The molecule has 1 heterocycles. The number of carbonyl (C=O) groups excluding carboxylic acids is 1. The zero-order chi connectivity index (χ0) is 24.3. The summed E-state index contributed by atoms with van der Waals surface area (Å²) in [5, 5.41) is 9.72. The van der Waals surface area contributed by atoms with E-state index in [1.165, 1.54) is 0 Å². The number of hydrogen-bond donors (Lipinski definition) is 1. The first-order valence-corrected chi connectivity index (χ1v) is 11.2. The van der Waals surface area contributed by atoms with Gasteiger partial charge in [-0.15, -0.1) is 0 Å². The van der Waals surface area contributed by atoms with Gasteiger partial charge in [0.2, 0.25) is 5.91 Å². The molecule has 0 spiro atoms. The molecule has 3 rings (SSSR count). The van der Waals surface area contributed by atoms with E-state index in [1.54, 1.807) is 21.1 Å². The van der Waals surface area contributed by atoms with Gasteiger partial charge in [-0.1, -0.05) is 31.5 Å². The molecule has 0 bridgehead atoms. The molecule has 0 radical (unpaired) electrons. The van der Waals surface area contributed by atoms with E-state index in [4.69, 9.17) is 9.47 Å². The van der Waals surface area contributed by atoms with Crippen LogP contribution in [-0.4, -0.2) is 62.3 Å². The van der Waals surface area contributed by atoms with E-state index in [0.29, 0.717) is 43.7 Å². The fraction of sp³-hybridized carbons (Fsp3) is 0.462. The van der Waals surface area contributed by atoms with Gasteiger partial charge in [0, 0.05) is 37.7 Å². The summed E-state index contributed by atoms with van der Waals surface area (Å²) in [4.78, 5) is 29.4. The lowest BCUT2D eigenvalue weighted by molar-refractivity contribution is -0.140. The monoisotopic (exact) mass is 454 g/mol. The molecule has 33 heavy (non-hydrogen) atoms. The number of rotatable bonds is 7. The maximum Gasteiger partial charge on any atom is 0.336 e. The van der Waals surface area contributed by atoms with E-state index in [1.807, 2.05) is 56.0 Å². The van der Waals surface area contributed by atoms with E-state index in [0.717, 1.165) is 28.3 Å². The first-order chi connectivity index (χ1) is 15.6. The summed E-state index contributed by atoms with van der Waals surface area (Å²) in [7, 11) is 3.26. The molecule has 0 saturated carbocycles. The van der Waals surface area contributed by atoms with E-state index >= 15 is 0 Å². The zero-order valence-electron chi connectivity index (χ0n) is 20.4. The van der Waals surface area contributed by atoms with Crippen molar-refractivity contribution in [3.05, 3.63) is 52.6 Å². The van der Waals surface area contributed by atoms with Crippen LogP contribution in [0.5, 0.6) is 11.5 Å². The van der Waals surface area contributed by atoms with Crippen LogP contribution in [0.15, 0.2) is 30.3 Å². The molecule has 1 aliphatic heterocycles. The van der Waals surface area contributed by atoms with Gasteiger partial charge in [0.05, 0.1) is 25.5 Å². The molecule has 0 atom stereocenters. The highest BCUT2D eigenvalue weighted by molar-refractivity contribution is 5.92. The number of hydrogen-bond acceptors (Lipinski definition) is 5. The van der Waals surface area contributed by atoms with E-state index in [9.17, 15) is 14.7 Å². The van der Waals surface area contributed by atoms with Crippen LogP contribution in [-0.2, 0) is 11.2 Å². The topological polar surface area (TPSA) is 79.3 Å². The van der Waals surface area contributed by atoms with Crippen molar-refractivity contribution in [1.82, 2.24) is 4.90 Å². The van der Waals surface area contributed by atoms with Crippen LogP contribution in [0.3, 0.4) is 0 Å². The van der Waals surface area contributed by atoms with Crippen LogP contribution in [0.2, 0.25) is 0 Å². The van der Waals surface area contributed by atoms with Crippen molar-refractivity contribution in [2.24, 2.45) is 5.41 Å². The number of carbonyl (C=O) groups is 2. The fourth-order valence-corrected chi connectivity index (χ4v) is 4.68. The Kier molecular flexibility index (Phi) is 7.20. The summed E-state index contributed by atoms with van der Waals surface area (Å²) in [6, 6.07) is 9.50. The number of methoxy groups -OCH3 is 2. The van der Waals surface area contributed by atoms with Crippen LogP contribution >= 0.6 is 0 Å². The largest absolute Gasteiger partial charge is 0.497 e. The molecule has 1 N–H and O–H groups in total. The van der Waals surface area contributed by atoms with Gasteiger partial charge in [0.1, 0.15) is 11.5 Å². The minimum absolute atomic E-state index is 0.0411. The van der Waals surface area contributed by atoms with Crippen molar-refractivity contribution in [2.75, 3.05) is 45.3 Å². The summed E-state index contributed by atoms with van der Waals surface area (Å²) in [5.41, 5.74) is 2.99. The molecule has 1 fully saturated rings. The number of piperazine rings is 1. The predicted octanol–water partition coefficient (Wildman–Crippen LogP) is 3.94. The quantitative estimate of drug-likeness (QED) is 0.683. The van der Waals surface area contributed by atoms with E-state index in [-0.39, 0.29) is 5.91 Å². The van der Waals surface area contributed by atoms with Gasteiger partial charge >= 0.3 is 5.97 Å². The lowest BCUT2D eigenvalue weighted by atomic mass is 9.81. The summed E-state index contributed by atoms with van der Waals surface area (Å²) in [6.07, 6.45) is 0.377. The van der Waals surface area contributed by atoms with Crippen molar-refractivity contribution >= 4 is 17.6 Å². The van der Waals surface area contributed by atoms with Gasteiger partial charge in [-0.05, 0) is 43.5 Å². The average molecular weight is 455 g/mol. The van der Waals surface area contributed by atoms with E-state index in [2.05, 4.69) is 4.90 Å². The molecule has 7 nitrogen and oxygen atoms in total. The van der Waals surface area contributed by atoms with Crippen molar-refractivity contribution < 1.29 is 24.2 Å². The summed E-state index contributed by atoms with van der Waals surface area (Å²) in [5.74, 6) is 0.566. The molecule has 1 aliphatic rings. The highest BCUT2D eigenvalue weighted by atomic mass is 16.5. The third-order valence-corrected chi connectivity index (χ3v) is 6.28. The molecule has 2 aromatic rings. The van der Waals surface area contributed by atoms with Gasteiger partial charge < -0.3 is 24.4 Å². The molecule has 1 amide bonds. The Morgan fingerprint density at radius 1 is 1.00 bits per heavy atom. The Morgan fingerprint density at radius 2 is 1.67 bits per heavy atom. The van der Waals surface area contributed by atoms with E-state index < -0.39 is 11.4 Å².